The summed E-state index contributed by atoms with van der Waals surface area (Å²) in [5.41, 5.74) is 0. The van der Waals surface area contributed by atoms with Crippen LogP contribution >= 0.6 is 0 Å². The Kier molecular flexibility index (Phi) is 55.5. The van der Waals surface area contributed by atoms with Gasteiger partial charge in [-0.15, -0.1) is 0 Å². The number of hydrogen-bond acceptors (Lipinski definition) is 5. The first-order chi connectivity index (χ1) is 34.5. The molecular weight excluding hydrogens is 863 g/mol. The SMILES string of the molecule is CCCCCCC/C=C/C=C/C=C/CCCCCC(CC(=O)NC(CO)C(O)CCCCCCCCCCCCCCCCCCC)OC(=O)CCCCCCC/C=C/C=C/CCCCCCCCC. The number of amides is 1. The minimum atomic E-state index is -0.803. The number of aliphatic hydroxyl groups excluding tert-OH is 2. The molecule has 0 aromatic carbocycles. The van der Waals surface area contributed by atoms with Crippen molar-refractivity contribution in [1.82, 2.24) is 5.32 Å². The molecule has 70 heavy (non-hydrogen) atoms. The van der Waals surface area contributed by atoms with E-state index in [0.717, 1.165) is 89.9 Å². The Morgan fingerprint density at radius 2 is 0.729 bits per heavy atom. The summed E-state index contributed by atoms with van der Waals surface area (Å²) in [5, 5.41) is 23.9. The molecule has 0 bridgehead atoms. The fourth-order valence-electron chi connectivity index (χ4n) is 9.25. The number of allylic oxidation sites excluding steroid dienone is 10. The van der Waals surface area contributed by atoms with E-state index in [1.165, 1.54) is 173 Å². The number of nitrogens with one attached hydrogen (secondary N) is 1. The molecule has 0 heterocycles. The Morgan fingerprint density at radius 3 is 1.11 bits per heavy atom. The number of carbonyl (C=O) groups excluding carboxylic acids is 2. The first-order valence-corrected chi connectivity index (χ1v) is 30.6. The lowest BCUT2D eigenvalue weighted by molar-refractivity contribution is -0.151. The number of esters is 1. The lowest BCUT2D eigenvalue weighted by Crippen LogP contribution is -2.46. The summed E-state index contributed by atoms with van der Waals surface area (Å²) in [4.78, 5) is 26.3. The van der Waals surface area contributed by atoms with Crippen molar-refractivity contribution >= 4 is 11.9 Å². The van der Waals surface area contributed by atoms with Gasteiger partial charge in [-0.2, -0.15) is 0 Å². The van der Waals surface area contributed by atoms with E-state index in [9.17, 15) is 19.8 Å². The molecule has 0 radical (unpaired) electrons. The van der Waals surface area contributed by atoms with Gasteiger partial charge in [0.05, 0.1) is 25.2 Å². The molecule has 6 heteroatoms. The largest absolute Gasteiger partial charge is 0.462 e. The Bertz CT molecular complexity index is 1240. The van der Waals surface area contributed by atoms with Crippen molar-refractivity contribution in [3.63, 3.8) is 0 Å². The quantitative estimate of drug-likeness (QED) is 0.0321. The Balaban J connectivity index is 4.62. The highest BCUT2D eigenvalue weighted by Crippen LogP contribution is 2.18. The summed E-state index contributed by atoms with van der Waals surface area (Å²) in [7, 11) is 0. The van der Waals surface area contributed by atoms with Crippen molar-refractivity contribution in [3.05, 3.63) is 60.8 Å². The molecule has 0 aliphatic carbocycles. The average Bonchev–Trinajstić information content (AvgIpc) is 3.35. The molecule has 0 saturated carbocycles. The lowest BCUT2D eigenvalue weighted by atomic mass is 10.0. The van der Waals surface area contributed by atoms with E-state index in [1.54, 1.807) is 0 Å². The maximum atomic E-state index is 13.3. The maximum absolute atomic E-state index is 13.3. The molecule has 0 aliphatic rings. The highest BCUT2D eigenvalue weighted by atomic mass is 16.5. The second-order valence-corrected chi connectivity index (χ2v) is 20.8. The van der Waals surface area contributed by atoms with Gasteiger partial charge in [0.15, 0.2) is 0 Å². The standard InChI is InChI=1S/C64H117NO5/c1-4-7-10-13-16-19-22-25-28-31-33-36-39-42-45-48-51-54-57-64(69)70-60(55-52-49-46-43-40-37-34-30-27-24-21-18-15-12-9-6-3)58-63(68)65-61(59-66)62(67)56-53-50-47-44-41-38-35-32-29-26-23-20-17-14-11-8-5-2/h24,27-28,30-31,33-34,36-37,40,60-62,66-67H,4-23,25-26,29,32,35,38-39,41-59H2,1-3H3,(H,65,68)/b27-24+,31-28+,34-30+,36-33+,40-37+. The van der Waals surface area contributed by atoms with Crippen LogP contribution < -0.4 is 5.32 Å². The fourth-order valence-corrected chi connectivity index (χ4v) is 9.25. The van der Waals surface area contributed by atoms with Crippen LogP contribution in [0.2, 0.25) is 0 Å². The van der Waals surface area contributed by atoms with Gasteiger partial charge in [0, 0.05) is 6.42 Å². The second-order valence-electron chi connectivity index (χ2n) is 20.8. The molecular formula is C64H117NO5. The molecule has 0 aromatic heterocycles. The van der Waals surface area contributed by atoms with Crippen molar-refractivity contribution in [2.24, 2.45) is 0 Å². The zero-order chi connectivity index (χ0) is 50.9. The van der Waals surface area contributed by atoms with E-state index in [4.69, 9.17) is 4.74 Å². The monoisotopic (exact) mass is 980 g/mol. The Labute approximate surface area is 435 Å². The minimum absolute atomic E-state index is 0.0485. The zero-order valence-corrected chi connectivity index (χ0v) is 46.7. The summed E-state index contributed by atoms with van der Waals surface area (Å²) >= 11 is 0. The molecule has 0 aliphatic heterocycles. The van der Waals surface area contributed by atoms with Crippen molar-refractivity contribution in [2.45, 2.75) is 328 Å². The first-order valence-electron chi connectivity index (χ1n) is 30.6. The average molecular weight is 981 g/mol. The van der Waals surface area contributed by atoms with Crippen molar-refractivity contribution < 1.29 is 24.5 Å². The van der Waals surface area contributed by atoms with Gasteiger partial charge in [0.1, 0.15) is 6.10 Å². The number of unbranched alkanes of at least 4 members (excludes halogenated alkanes) is 36. The van der Waals surface area contributed by atoms with Gasteiger partial charge in [-0.05, 0) is 77.0 Å². The molecule has 3 atom stereocenters. The number of carbonyl (C=O) groups is 2. The van der Waals surface area contributed by atoms with Crippen LogP contribution in [0, 0.1) is 0 Å². The van der Waals surface area contributed by atoms with Crippen LogP contribution in [0.5, 0.6) is 0 Å². The van der Waals surface area contributed by atoms with Crippen LogP contribution in [-0.2, 0) is 14.3 Å². The van der Waals surface area contributed by atoms with Crippen molar-refractivity contribution in [3.8, 4) is 0 Å². The number of rotatable bonds is 55. The van der Waals surface area contributed by atoms with Crippen molar-refractivity contribution in [1.29, 1.82) is 0 Å². The smallest absolute Gasteiger partial charge is 0.306 e. The summed E-state index contributed by atoms with van der Waals surface area (Å²) < 4.78 is 5.95. The highest BCUT2D eigenvalue weighted by Gasteiger charge is 2.24. The van der Waals surface area contributed by atoms with Gasteiger partial charge < -0.3 is 20.3 Å². The molecule has 408 valence electrons. The van der Waals surface area contributed by atoms with E-state index in [2.05, 4.69) is 86.8 Å². The maximum Gasteiger partial charge on any atom is 0.306 e. The van der Waals surface area contributed by atoms with Gasteiger partial charge in [0.2, 0.25) is 5.91 Å². The van der Waals surface area contributed by atoms with Gasteiger partial charge in [-0.3, -0.25) is 9.59 Å². The number of aliphatic hydroxyl groups is 2. The van der Waals surface area contributed by atoms with E-state index in [-0.39, 0.29) is 24.9 Å². The summed E-state index contributed by atoms with van der Waals surface area (Å²) in [6.07, 6.45) is 72.9. The minimum Gasteiger partial charge on any atom is -0.462 e. The summed E-state index contributed by atoms with van der Waals surface area (Å²) in [5.74, 6) is -0.516. The Morgan fingerprint density at radius 1 is 0.414 bits per heavy atom. The van der Waals surface area contributed by atoms with Crippen molar-refractivity contribution in [2.75, 3.05) is 6.61 Å². The van der Waals surface area contributed by atoms with Crippen LogP contribution in [0.4, 0.5) is 0 Å². The van der Waals surface area contributed by atoms with E-state index in [1.807, 2.05) is 0 Å². The molecule has 0 saturated heterocycles. The normalized spacial score (nSPS) is 13.5. The third kappa shape index (κ3) is 51.9. The zero-order valence-electron chi connectivity index (χ0n) is 46.7. The molecule has 0 fully saturated rings. The predicted molar refractivity (Wildman–Crippen MR) is 305 cm³/mol. The molecule has 1 amide bonds. The number of hydrogen-bond donors (Lipinski definition) is 3. The van der Waals surface area contributed by atoms with E-state index < -0.39 is 18.2 Å². The first kappa shape index (κ1) is 67.6. The topological polar surface area (TPSA) is 95.9 Å². The van der Waals surface area contributed by atoms with Gasteiger partial charge in [0.25, 0.3) is 0 Å². The van der Waals surface area contributed by atoms with Crippen LogP contribution in [0.3, 0.4) is 0 Å². The van der Waals surface area contributed by atoms with E-state index in [0.29, 0.717) is 19.3 Å². The lowest BCUT2D eigenvalue weighted by Gasteiger charge is -2.24. The number of ether oxygens (including phenoxy) is 1. The van der Waals surface area contributed by atoms with Crippen LogP contribution in [0.1, 0.15) is 310 Å². The van der Waals surface area contributed by atoms with Gasteiger partial charge in [-0.25, -0.2) is 0 Å². The Hall–Kier alpha value is -2.44. The third-order valence-corrected chi connectivity index (χ3v) is 13.9. The second kappa shape index (κ2) is 57.5. The summed E-state index contributed by atoms with van der Waals surface area (Å²) in [6, 6.07) is -0.719. The molecule has 0 spiro atoms. The third-order valence-electron chi connectivity index (χ3n) is 13.9. The fraction of sp³-hybridized carbons (Fsp3) is 0.812. The van der Waals surface area contributed by atoms with E-state index >= 15 is 0 Å². The molecule has 0 aromatic rings. The molecule has 3 N–H and O–H groups in total. The predicted octanol–water partition coefficient (Wildman–Crippen LogP) is 19.1. The van der Waals surface area contributed by atoms with Gasteiger partial charge in [-0.1, -0.05) is 281 Å². The highest BCUT2D eigenvalue weighted by molar-refractivity contribution is 5.77. The van der Waals surface area contributed by atoms with Crippen LogP contribution in [0.25, 0.3) is 0 Å². The van der Waals surface area contributed by atoms with Crippen LogP contribution in [0.15, 0.2) is 60.8 Å². The molecule has 0 rings (SSSR count). The van der Waals surface area contributed by atoms with Crippen LogP contribution in [-0.4, -0.2) is 46.9 Å². The molecule has 6 nitrogen and oxygen atoms in total. The summed E-state index contributed by atoms with van der Waals surface area (Å²) in [6.45, 7) is 6.48. The molecule has 3 unspecified atom stereocenters. The van der Waals surface area contributed by atoms with Gasteiger partial charge >= 0.3 is 5.97 Å².